The van der Waals surface area contributed by atoms with Gasteiger partial charge >= 0.3 is 0 Å². The fraction of sp³-hybridized carbons (Fsp3) is 0.467. The van der Waals surface area contributed by atoms with Crippen molar-refractivity contribution >= 4 is 16.8 Å². The lowest BCUT2D eigenvalue weighted by Gasteiger charge is -2.22. The molecule has 1 aromatic heterocycles. The van der Waals surface area contributed by atoms with E-state index in [0.29, 0.717) is 11.7 Å². The first-order valence-electron chi connectivity index (χ1n) is 7.11. The van der Waals surface area contributed by atoms with E-state index < -0.39 is 0 Å². The number of aromatic nitrogens is 2. The third kappa shape index (κ3) is 2.48. The summed E-state index contributed by atoms with van der Waals surface area (Å²) in [5, 5.41) is 11.0. The fourth-order valence-electron chi connectivity index (χ4n) is 2.80. The molecule has 5 nitrogen and oxygen atoms in total. The van der Waals surface area contributed by atoms with E-state index in [1.807, 2.05) is 18.2 Å². The molecule has 0 atom stereocenters. The van der Waals surface area contributed by atoms with Gasteiger partial charge in [-0.15, -0.1) is 0 Å². The molecule has 0 radical (unpaired) electrons. The van der Waals surface area contributed by atoms with Crippen molar-refractivity contribution in [2.75, 3.05) is 7.11 Å². The van der Waals surface area contributed by atoms with Gasteiger partial charge in [0, 0.05) is 17.5 Å². The van der Waals surface area contributed by atoms with E-state index in [-0.39, 0.29) is 5.91 Å². The second-order valence-corrected chi connectivity index (χ2v) is 5.29. The summed E-state index contributed by atoms with van der Waals surface area (Å²) in [4.78, 5) is 12.3. The summed E-state index contributed by atoms with van der Waals surface area (Å²) >= 11 is 0. The summed E-state index contributed by atoms with van der Waals surface area (Å²) in [6.45, 7) is 0. The molecule has 106 valence electrons. The molecular weight excluding hydrogens is 254 g/mol. The van der Waals surface area contributed by atoms with Crippen molar-refractivity contribution < 1.29 is 9.53 Å². The standard InChI is InChI=1S/C15H19N3O2/c1-20-11-7-8-12-13(9-11)17-18-14(12)15(19)16-10-5-3-2-4-6-10/h7-10H,2-6H2,1H3,(H,16,19)(H,17,18). The molecule has 20 heavy (non-hydrogen) atoms. The van der Waals surface area contributed by atoms with Crippen LogP contribution in [-0.2, 0) is 0 Å². The second kappa shape index (κ2) is 5.53. The predicted molar refractivity (Wildman–Crippen MR) is 77.0 cm³/mol. The monoisotopic (exact) mass is 273 g/mol. The number of rotatable bonds is 3. The molecule has 5 heteroatoms. The Morgan fingerprint density at radius 1 is 1.35 bits per heavy atom. The maximum Gasteiger partial charge on any atom is 0.272 e. The zero-order valence-electron chi connectivity index (χ0n) is 11.6. The average Bonchev–Trinajstić information content (AvgIpc) is 2.91. The van der Waals surface area contributed by atoms with Gasteiger partial charge in [-0.05, 0) is 25.0 Å². The van der Waals surface area contributed by atoms with Gasteiger partial charge in [0.05, 0.1) is 12.6 Å². The molecule has 0 unspecified atom stereocenters. The predicted octanol–water partition coefficient (Wildman–Crippen LogP) is 2.63. The average molecular weight is 273 g/mol. The zero-order valence-corrected chi connectivity index (χ0v) is 11.6. The first-order valence-corrected chi connectivity index (χ1v) is 7.11. The normalized spacial score (nSPS) is 16.2. The van der Waals surface area contributed by atoms with Crippen LogP contribution in [0.2, 0.25) is 0 Å². The van der Waals surface area contributed by atoms with Crippen LogP contribution in [0.5, 0.6) is 5.75 Å². The SMILES string of the molecule is COc1ccc2c(C(=O)NC3CCCCC3)n[nH]c2c1. The first kappa shape index (κ1) is 13.0. The maximum absolute atomic E-state index is 12.3. The van der Waals surface area contributed by atoms with Crippen LogP contribution >= 0.6 is 0 Å². The molecule has 2 N–H and O–H groups in total. The van der Waals surface area contributed by atoms with Crippen molar-refractivity contribution in [3.8, 4) is 5.75 Å². The number of amides is 1. The van der Waals surface area contributed by atoms with E-state index in [1.165, 1.54) is 19.3 Å². The fourth-order valence-corrected chi connectivity index (χ4v) is 2.80. The number of carbonyl (C=O) groups is 1. The number of benzene rings is 1. The number of ether oxygens (including phenoxy) is 1. The number of methoxy groups -OCH3 is 1. The minimum absolute atomic E-state index is 0.0895. The van der Waals surface area contributed by atoms with Crippen molar-refractivity contribution in [3.05, 3.63) is 23.9 Å². The molecule has 1 aromatic carbocycles. The number of hydrogen-bond acceptors (Lipinski definition) is 3. The number of hydrogen-bond donors (Lipinski definition) is 2. The zero-order chi connectivity index (χ0) is 13.9. The Hall–Kier alpha value is -2.04. The number of fused-ring (bicyclic) bond motifs is 1. The van der Waals surface area contributed by atoms with Crippen molar-refractivity contribution in [2.45, 2.75) is 38.1 Å². The van der Waals surface area contributed by atoms with Gasteiger partial charge in [-0.25, -0.2) is 0 Å². The molecule has 1 fully saturated rings. The summed E-state index contributed by atoms with van der Waals surface area (Å²) in [7, 11) is 1.62. The van der Waals surface area contributed by atoms with Crippen LogP contribution in [0.4, 0.5) is 0 Å². The molecule has 1 heterocycles. The van der Waals surface area contributed by atoms with Crippen molar-refractivity contribution in [3.63, 3.8) is 0 Å². The molecular formula is C15H19N3O2. The Kier molecular flexibility index (Phi) is 3.58. The van der Waals surface area contributed by atoms with Crippen LogP contribution < -0.4 is 10.1 Å². The molecule has 0 spiro atoms. The highest BCUT2D eigenvalue weighted by Gasteiger charge is 2.20. The number of carbonyl (C=O) groups excluding carboxylic acids is 1. The van der Waals surface area contributed by atoms with Crippen LogP contribution in [0, 0.1) is 0 Å². The van der Waals surface area contributed by atoms with Gasteiger partial charge in [0.1, 0.15) is 5.75 Å². The number of nitrogens with zero attached hydrogens (tertiary/aromatic N) is 1. The number of nitrogens with one attached hydrogen (secondary N) is 2. The molecule has 2 aromatic rings. The lowest BCUT2D eigenvalue weighted by molar-refractivity contribution is 0.0924. The van der Waals surface area contributed by atoms with E-state index in [0.717, 1.165) is 29.5 Å². The highest BCUT2D eigenvalue weighted by Crippen LogP contribution is 2.22. The van der Waals surface area contributed by atoms with Crippen LogP contribution in [0.1, 0.15) is 42.6 Å². The third-order valence-electron chi connectivity index (χ3n) is 3.93. The Morgan fingerprint density at radius 3 is 2.90 bits per heavy atom. The summed E-state index contributed by atoms with van der Waals surface area (Å²) in [6, 6.07) is 5.85. The second-order valence-electron chi connectivity index (χ2n) is 5.29. The van der Waals surface area contributed by atoms with Crippen molar-refractivity contribution in [1.82, 2.24) is 15.5 Å². The molecule has 0 bridgehead atoms. The maximum atomic E-state index is 12.3. The highest BCUT2D eigenvalue weighted by molar-refractivity contribution is 6.05. The number of aromatic amines is 1. The van der Waals surface area contributed by atoms with E-state index in [4.69, 9.17) is 4.74 Å². The van der Waals surface area contributed by atoms with Gasteiger partial charge in [-0.1, -0.05) is 19.3 Å². The molecule has 1 aliphatic carbocycles. The summed E-state index contributed by atoms with van der Waals surface area (Å²) in [6.07, 6.45) is 5.81. The van der Waals surface area contributed by atoms with Gasteiger partial charge in [-0.3, -0.25) is 9.89 Å². The smallest absolute Gasteiger partial charge is 0.272 e. The van der Waals surface area contributed by atoms with Gasteiger partial charge in [0.2, 0.25) is 0 Å². The summed E-state index contributed by atoms with van der Waals surface area (Å²) in [5.41, 5.74) is 1.28. The Balaban J connectivity index is 1.80. The Bertz CT molecular complexity index is 615. The summed E-state index contributed by atoms with van der Waals surface area (Å²) in [5.74, 6) is 0.661. The van der Waals surface area contributed by atoms with Crippen LogP contribution in [0.15, 0.2) is 18.2 Å². The van der Waals surface area contributed by atoms with Crippen LogP contribution in [0.3, 0.4) is 0 Å². The van der Waals surface area contributed by atoms with E-state index in [1.54, 1.807) is 7.11 Å². The highest BCUT2D eigenvalue weighted by atomic mass is 16.5. The molecule has 0 saturated heterocycles. The van der Waals surface area contributed by atoms with E-state index in [2.05, 4.69) is 15.5 Å². The van der Waals surface area contributed by atoms with Crippen LogP contribution in [-0.4, -0.2) is 29.3 Å². The van der Waals surface area contributed by atoms with Gasteiger partial charge in [0.15, 0.2) is 5.69 Å². The Morgan fingerprint density at radius 2 is 2.15 bits per heavy atom. The summed E-state index contributed by atoms with van der Waals surface area (Å²) < 4.78 is 5.17. The van der Waals surface area contributed by atoms with E-state index in [9.17, 15) is 4.79 Å². The molecule has 1 amide bonds. The van der Waals surface area contributed by atoms with E-state index >= 15 is 0 Å². The van der Waals surface area contributed by atoms with Gasteiger partial charge in [0.25, 0.3) is 5.91 Å². The first-order chi connectivity index (χ1) is 9.78. The lowest BCUT2D eigenvalue weighted by atomic mass is 9.95. The minimum atomic E-state index is -0.0895. The van der Waals surface area contributed by atoms with Crippen LogP contribution in [0.25, 0.3) is 10.9 Å². The third-order valence-corrected chi connectivity index (χ3v) is 3.93. The minimum Gasteiger partial charge on any atom is -0.497 e. The number of H-pyrrole nitrogens is 1. The quantitative estimate of drug-likeness (QED) is 0.903. The largest absolute Gasteiger partial charge is 0.497 e. The molecule has 1 aliphatic rings. The van der Waals surface area contributed by atoms with Crippen molar-refractivity contribution in [1.29, 1.82) is 0 Å². The lowest BCUT2D eigenvalue weighted by Crippen LogP contribution is -2.36. The van der Waals surface area contributed by atoms with Crippen molar-refractivity contribution in [2.24, 2.45) is 0 Å². The Labute approximate surface area is 117 Å². The molecule has 0 aliphatic heterocycles. The van der Waals surface area contributed by atoms with Gasteiger partial charge in [-0.2, -0.15) is 5.10 Å². The van der Waals surface area contributed by atoms with Gasteiger partial charge < -0.3 is 10.1 Å². The molecule has 3 rings (SSSR count). The topological polar surface area (TPSA) is 67.0 Å². The molecule has 1 saturated carbocycles.